The van der Waals surface area contributed by atoms with Crippen LogP contribution in [0, 0.1) is 0 Å². The van der Waals surface area contributed by atoms with Gasteiger partial charge in [-0.3, -0.25) is 0 Å². The van der Waals surface area contributed by atoms with Gasteiger partial charge in [0, 0.05) is 26.7 Å². The number of ether oxygens (including phenoxy) is 1. The molecule has 3 heterocycles. The molecule has 2 aromatic heterocycles. The van der Waals surface area contributed by atoms with Crippen molar-refractivity contribution in [1.82, 2.24) is 14.3 Å². The molecule has 1 aliphatic rings. The number of aromatic nitrogens is 2. The first-order valence-corrected chi connectivity index (χ1v) is 9.48. The number of sulfonamides is 1. The molecule has 0 radical (unpaired) electrons. The van der Waals surface area contributed by atoms with Crippen LogP contribution in [0.25, 0.3) is 0 Å². The van der Waals surface area contributed by atoms with E-state index < -0.39 is 10.0 Å². The van der Waals surface area contributed by atoms with Gasteiger partial charge in [-0.2, -0.15) is 4.31 Å². The summed E-state index contributed by atoms with van der Waals surface area (Å²) in [7, 11) is 0.361. The molecule has 124 valence electrons. The number of anilines is 1. The van der Waals surface area contributed by atoms with Crippen LogP contribution < -0.4 is 9.64 Å². The fourth-order valence-electron chi connectivity index (χ4n) is 2.36. The Morgan fingerprint density at radius 1 is 1.39 bits per heavy atom. The highest BCUT2D eigenvalue weighted by Gasteiger charge is 2.34. The molecule has 9 heteroatoms. The Morgan fingerprint density at radius 2 is 2.22 bits per heavy atom. The molecule has 0 bridgehead atoms. The van der Waals surface area contributed by atoms with Crippen LogP contribution in [0.15, 0.2) is 34.1 Å². The fourth-order valence-corrected chi connectivity index (χ4v) is 4.99. The first-order chi connectivity index (χ1) is 11.0. The van der Waals surface area contributed by atoms with Crippen molar-refractivity contribution in [2.45, 2.75) is 16.7 Å². The van der Waals surface area contributed by atoms with Crippen LogP contribution in [-0.2, 0) is 10.0 Å². The number of hydrogen-bond acceptors (Lipinski definition) is 7. The first kappa shape index (κ1) is 16.2. The average molecular weight is 354 g/mol. The van der Waals surface area contributed by atoms with Crippen LogP contribution in [0.1, 0.15) is 6.42 Å². The molecular weight excluding hydrogens is 336 g/mol. The van der Waals surface area contributed by atoms with Gasteiger partial charge in [0.25, 0.3) is 10.0 Å². The van der Waals surface area contributed by atoms with Crippen molar-refractivity contribution >= 4 is 27.2 Å². The van der Waals surface area contributed by atoms with E-state index in [0.29, 0.717) is 29.6 Å². The minimum atomic E-state index is -3.41. The third kappa shape index (κ3) is 3.46. The third-order valence-corrected chi connectivity index (χ3v) is 6.81. The van der Waals surface area contributed by atoms with Crippen molar-refractivity contribution in [2.75, 3.05) is 32.1 Å². The van der Waals surface area contributed by atoms with Gasteiger partial charge in [-0.15, -0.1) is 11.3 Å². The first-order valence-electron chi connectivity index (χ1n) is 7.16. The lowest BCUT2D eigenvalue weighted by atomic mass is 10.3. The Kier molecular flexibility index (Phi) is 4.51. The molecule has 1 aliphatic heterocycles. The predicted molar refractivity (Wildman–Crippen MR) is 88.5 cm³/mol. The normalized spacial score (nSPS) is 19.0. The van der Waals surface area contributed by atoms with Crippen LogP contribution in [0.3, 0.4) is 0 Å². The molecule has 0 unspecified atom stereocenters. The minimum absolute atomic E-state index is 0.199. The lowest BCUT2D eigenvalue weighted by Gasteiger charge is -2.17. The van der Waals surface area contributed by atoms with Crippen LogP contribution in [-0.4, -0.2) is 56.0 Å². The maximum Gasteiger partial charge on any atom is 0.252 e. The van der Waals surface area contributed by atoms with Crippen molar-refractivity contribution in [3.63, 3.8) is 0 Å². The van der Waals surface area contributed by atoms with Gasteiger partial charge in [0.15, 0.2) is 0 Å². The summed E-state index contributed by atoms with van der Waals surface area (Å²) in [4.78, 5) is 10.1. The monoisotopic (exact) mass is 354 g/mol. The second kappa shape index (κ2) is 6.42. The Balaban J connectivity index is 1.68. The van der Waals surface area contributed by atoms with Crippen molar-refractivity contribution in [3.05, 3.63) is 29.9 Å². The highest BCUT2D eigenvalue weighted by atomic mass is 32.2. The highest BCUT2D eigenvalue weighted by molar-refractivity contribution is 7.91. The second-order valence-electron chi connectivity index (χ2n) is 5.43. The molecule has 23 heavy (non-hydrogen) atoms. The van der Waals surface area contributed by atoms with E-state index in [9.17, 15) is 8.42 Å². The van der Waals surface area contributed by atoms with Gasteiger partial charge in [0.05, 0.1) is 6.54 Å². The zero-order valence-corrected chi connectivity index (χ0v) is 14.5. The Morgan fingerprint density at radius 3 is 2.91 bits per heavy atom. The lowest BCUT2D eigenvalue weighted by Crippen LogP contribution is -2.30. The molecule has 0 N–H and O–H groups in total. The van der Waals surface area contributed by atoms with Gasteiger partial charge in [0.1, 0.15) is 22.5 Å². The summed E-state index contributed by atoms with van der Waals surface area (Å²) in [6.07, 6.45) is 1.89. The smallest absolute Gasteiger partial charge is 0.252 e. The molecule has 1 atom stereocenters. The van der Waals surface area contributed by atoms with Gasteiger partial charge in [0.2, 0.25) is 5.88 Å². The van der Waals surface area contributed by atoms with Crippen LogP contribution in [0.4, 0.5) is 5.82 Å². The predicted octanol–water partition coefficient (Wildman–Crippen LogP) is 1.45. The number of thiophene rings is 1. The maximum atomic E-state index is 12.5. The van der Waals surface area contributed by atoms with Crippen LogP contribution in [0.2, 0.25) is 0 Å². The van der Waals surface area contributed by atoms with E-state index in [-0.39, 0.29) is 6.10 Å². The zero-order chi connectivity index (χ0) is 16.4. The average Bonchev–Trinajstić information content (AvgIpc) is 3.19. The fraction of sp³-hybridized carbons (Fsp3) is 0.429. The van der Waals surface area contributed by atoms with E-state index in [1.165, 1.54) is 22.0 Å². The molecule has 1 fully saturated rings. The summed E-state index contributed by atoms with van der Waals surface area (Å²) in [6.45, 7) is 0.790. The quantitative estimate of drug-likeness (QED) is 0.809. The number of rotatable bonds is 5. The molecule has 0 spiro atoms. The van der Waals surface area contributed by atoms with Crippen molar-refractivity contribution in [2.24, 2.45) is 0 Å². The lowest BCUT2D eigenvalue weighted by molar-refractivity contribution is 0.206. The minimum Gasteiger partial charge on any atom is -0.473 e. The van der Waals surface area contributed by atoms with Gasteiger partial charge in [-0.25, -0.2) is 18.4 Å². The summed E-state index contributed by atoms with van der Waals surface area (Å²) in [5.41, 5.74) is 0. The summed E-state index contributed by atoms with van der Waals surface area (Å²) >= 11 is 1.23. The van der Waals surface area contributed by atoms with Crippen molar-refractivity contribution in [3.8, 4) is 5.88 Å². The zero-order valence-electron chi connectivity index (χ0n) is 12.9. The highest BCUT2D eigenvalue weighted by Crippen LogP contribution is 2.26. The standard InChI is InChI=1S/C14H18N4O3S2/c1-17(2)12-8-13(16-10-15-12)21-11-5-6-18(9-11)23(19,20)14-4-3-7-22-14/h3-4,7-8,10-11H,5-6,9H2,1-2H3/t11-/m1/s1. The molecule has 0 saturated carbocycles. The molecule has 0 aromatic carbocycles. The van der Waals surface area contributed by atoms with Crippen molar-refractivity contribution < 1.29 is 13.2 Å². The van der Waals surface area contributed by atoms with E-state index in [0.717, 1.165) is 5.82 Å². The third-order valence-electron chi connectivity index (χ3n) is 3.57. The topological polar surface area (TPSA) is 75.6 Å². The summed E-state index contributed by atoms with van der Waals surface area (Å²) in [5.74, 6) is 1.21. The molecule has 1 saturated heterocycles. The van der Waals surface area contributed by atoms with Gasteiger partial charge >= 0.3 is 0 Å². The van der Waals surface area contributed by atoms with E-state index >= 15 is 0 Å². The van der Waals surface area contributed by atoms with Gasteiger partial charge < -0.3 is 9.64 Å². The van der Waals surface area contributed by atoms with Gasteiger partial charge in [-0.05, 0) is 17.9 Å². The molecule has 0 amide bonds. The van der Waals surface area contributed by atoms with Crippen LogP contribution in [0.5, 0.6) is 5.88 Å². The summed E-state index contributed by atoms with van der Waals surface area (Å²) in [5, 5.41) is 1.76. The Labute approximate surface area is 139 Å². The Bertz CT molecular complexity index is 762. The second-order valence-corrected chi connectivity index (χ2v) is 8.55. The largest absolute Gasteiger partial charge is 0.473 e. The van der Waals surface area contributed by atoms with E-state index in [1.807, 2.05) is 19.0 Å². The van der Waals surface area contributed by atoms with E-state index in [2.05, 4.69) is 9.97 Å². The molecular formula is C14H18N4O3S2. The van der Waals surface area contributed by atoms with Gasteiger partial charge in [-0.1, -0.05) is 6.07 Å². The molecule has 0 aliphatic carbocycles. The molecule has 2 aromatic rings. The number of nitrogens with zero attached hydrogens (tertiary/aromatic N) is 4. The summed E-state index contributed by atoms with van der Waals surface area (Å²) in [6, 6.07) is 5.11. The summed E-state index contributed by atoms with van der Waals surface area (Å²) < 4.78 is 32.6. The van der Waals surface area contributed by atoms with E-state index in [4.69, 9.17) is 4.74 Å². The SMILES string of the molecule is CN(C)c1cc(O[C@@H]2CCN(S(=O)(=O)c3cccs3)C2)ncn1. The number of hydrogen-bond donors (Lipinski definition) is 0. The van der Waals surface area contributed by atoms with E-state index in [1.54, 1.807) is 23.6 Å². The maximum absolute atomic E-state index is 12.5. The van der Waals surface area contributed by atoms with Crippen molar-refractivity contribution in [1.29, 1.82) is 0 Å². The molecule has 7 nitrogen and oxygen atoms in total. The molecule has 3 rings (SSSR count). The van der Waals surface area contributed by atoms with Crippen LogP contribution >= 0.6 is 11.3 Å². The Hall–Kier alpha value is -1.71.